The van der Waals surface area contributed by atoms with Crippen LogP contribution in [0.3, 0.4) is 0 Å². The smallest absolute Gasteiger partial charge is 0.341 e. The summed E-state index contributed by atoms with van der Waals surface area (Å²) in [5, 5.41) is 12.7. The molecular formula is C21H21NO6S. The minimum atomic E-state index is -1.03. The van der Waals surface area contributed by atoms with E-state index in [0.717, 1.165) is 10.4 Å². The van der Waals surface area contributed by atoms with Crippen molar-refractivity contribution in [2.75, 3.05) is 11.9 Å². The van der Waals surface area contributed by atoms with Crippen molar-refractivity contribution in [1.29, 1.82) is 0 Å². The maximum atomic E-state index is 13.0. The molecule has 2 N–H and O–H groups in total. The normalized spacial score (nSPS) is 25.0. The number of amides is 1. The molecular weight excluding hydrogens is 394 g/mol. The molecule has 152 valence electrons. The SMILES string of the molecule is CCOC(=O)c1cc(-c2ccccc2)sc1NC(=O)[C@@H]1[C@@H](C(=O)O)[C@@H]2CC[C@H]1O2. The van der Waals surface area contributed by atoms with Gasteiger partial charge in [-0.05, 0) is 31.4 Å². The summed E-state index contributed by atoms with van der Waals surface area (Å²) in [7, 11) is 0. The van der Waals surface area contributed by atoms with E-state index in [1.165, 1.54) is 11.3 Å². The van der Waals surface area contributed by atoms with Crippen LogP contribution in [0.15, 0.2) is 36.4 Å². The van der Waals surface area contributed by atoms with Crippen molar-refractivity contribution in [1.82, 2.24) is 0 Å². The van der Waals surface area contributed by atoms with Gasteiger partial charge in [0, 0.05) is 4.88 Å². The van der Waals surface area contributed by atoms with Gasteiger partial charge in [-0.1, -0.05) is 30.3 Å². The zero-order valence-corrected chi connectivity index (χ0v) is 16.6. The van der Waals surface area contributed by atoms with E-state index in [9.17, 15) is 19.5 Å². The molecule has 2 bridgehead atoms. The van der Waals surface area contributed by atoms with Gasteiger partial charge in [0.25, 0.3) is 0 Å². The molecule has 0 unspecified atom stereocenters. The van der Waals surface area contributed by atoms with Gasteiger partial charge in [-0.2, -0.15) is 0 Å². The number of anilines is 1. The van der Waals surface area contributed by atoms with Crippen molar-refractivity contribution in [2.24, 2.45) is 11.8 Å². The predicted octanol–water partition coefficient (Wildman–Crippen LogP) is 3.41. The van der Waals surface area contributed by atoms with E-state index in [2.05, 4.69) is 5.32 Å². The molecule has 3 heterocycles. The number of hydrogen-bond acceptors (Lipinski definition) is 6. The fourth-order valence-corrected chi connectivity index (χ4v) is 5.16. The first kappa shape index (κ1) is 19.6. The van der Waals surface area contributed by atoms with Gasteiger partial charge in [0.1, 0.15) is 5.00 Å². The third-order valence-electron chi connectivity index (χ3n) is 5.38. The zero-order valence-electron chi connectivity index (χ0n) is 15.8. The van der Waals surface area contributed by atoms with Crippen LogP contribution in [0.4, 0.5) is 5.00 Å². The second-order valence-corrected chi connectivity index (χ2v) is 8.16. The molecule has 0 radical (unpaired) electrons. The molecule has 2 saturated heterocycles. The lowest BCUT2D eigenvalue weighted by Gasteiger charge is -2.23. The molecule has 2 aliphatic heterocycles. The van der Waals surface area contributed by atoms with Gasteiger partial charge in [-0.3, -0.25) is 9.59 Å². The molecule has 7 nitrogen and oxygen atoms in total. The van der Waals surface area contributed by atoms with E-state index in [1.807, 2.05) is 30.3 Å². The van der Waals surface area contributed by atoms with E-state index < -0.39 is 41.9 Å². The highest BCUT2D eigenvalue weighted by molar-refractivity contribution is 7.20. The summed E-state index contributed by atoms with van der Waals surface area (Å²) in [6.07, 6.45) is 0.481. The third-order valence-corrected chi connectivity index (χ3v) is 6.48. The number of aliphatic carboxylic acids is 1. The lowest BCUT2D eigenvalue weighted by atomic mass is 9.79. The Morgan fingerprint density at radius 3 is 2.52 bits per heavy atom. The van der Waals surface area contributed by atoms with Crippen LogP contribution in [-0.2, 0) is 19.1 Å². The van der Waals surface area contributed by atoms with Gasteiger partial charge in [-0.25, -0.2) is 4.79 Å². The Labute approximate surface area is 171 Å². The molecule has 1 aromatic carbocycles. The zero-order chi connectivity index (χ0) is 20.5. The number of rotatable bonds is 6. The van der Waals surface area contributed by atoms with Crippen molar-refractivity contribution in [3.63, 3.8) is 0 Å². The van der Waals surface area contributed by atoms with Crippen LogP contribution in [0.25, 0.3) is 10.4 Å². The lowest BCUT2D eigenvalue weighted by molar-refractivity contribution is -0.147. The van der Waals surface area contributed by atoms with Crippen LogP contribution in [0, 0.1) is 11.8 Å². The average molecular weight is 415 g/mol. The molecule has 2 aromatic rings. The number of carboxylic acids is 1. The molecule has 4 rings (SSSR count). The number of nitrogens with one attached hydrogen (secondary N) is 1. The average Bonchev–Trinajstić information content (AvgIpc) is 3.43. The standard InChI is InChI=1S/C21H21NO6S/c1-2-27-21(26)12-10-15(11-6-4-3-5-7-11)29-19(12)22-18(23)16-13-8-9-14(28-13)17(16)20(24)25/h3-7,10,13-14,16-17H,2,8-9H2,1H3,(H,22,23)(H,24,25)/t13-,14+,16+,17+/m1/s1. The van der Waals surface area contributed by atoms with Crippen molar-refractivity contribution >= 4 is 34.2 Å². The Bertz CT molecular complexity index is 940. The molecule has 2 aliphatic rings. The molecule has 4 atom stereocenters. The topological polar surface area (TPSA) is 102 Å². The molecule has 0 saturated carbocycles. The number of carboxylic acid groups (broad SMARTS) is 1. The molecule has 1 aromatic heterocycles. The lowest BCUT2D eigenvalue weighted by Crippen LogP contribution is -2.41. The molecule has 0 spiro atoms. The number of ether oxygens (including phenoxy) is 2. The van der Waals surface area contributed by atoms with Crippen LogP contribution >= 0.6 is 11.3 Å². The van der Waals surface area contributed by atoms with Crippen molar-refractivity contribution in [2.45, 2.75) is 32.0 Å². The predicted molar refractivity (Wildman–Crippen MR) is 107 cm³/mol. The summed E-state index contributed by atoms with van der Waals surface area (Å²) in [5.41, 5.74) is 1.18. The second-order valence-electron chi connectivity index (χ2n) is 7.11. The van der Waals surface area contributed by atoms with Crippen LogP contribution in [-0.4, -0.2) is 41.8 Å². The van der Waals surface area contributed by atoms with Gasteiger partial charge >= 0.3 is 11.9 Å². The number of thiophene rings is 1. The van der Waals surface area contributed by atoms with E-state index in [1.54, 1.807) is 13.0 Å². The Kier molecular flexibility index (Phi) is 5.38. The first-order chi connectivity index (χ1) is 14.0. The number of carbonyl (C=O) groups excluding carboxylic acids is 2. The fraction of sp³-hybridized carbons (Fsp3) is 0.381. The first-order valence-electron chi connectivity index (χ1n) is 9.55. The highest BCUT2D eigenvalue weighted by Gasteiger charge is 2.55. The first-order valence-corrected chi connectivity index (χ1v) is 10.4. The number of fused-ring (bicyclic) bond motifs is 2. The summed E-state index contributed by atoms with van der Waals surface area (Å²) in [5.74, 6) is -3.63. The summed E-state index contributed by atoms with van der Waals surface area (Å²) in [6, 6.07) is 11.2. The van der Waals surface area contributed by atoms with E-state index in [4.69, 9.17) is 9.47 Å². The number of benzene rings is 1. The maximum absolute atomic E-state index is 13.0. The second kappa shape index (κ2) is 7.96. The maximum Gasteiger partial charge on any atom is 0.341 e. The van der Waals surface area contributed by atoms with Gasteiger partial charge in [0.15, 0.2) is 0 Å². The summed E-state index contributed by atoms with van der Waals surface area (Å²) >= 11 is 1.26. The van der Waals surface area contributed by atoms with Crippen molar-refractivity contribution in [3.05, 3.63) is 42.0 Å². The van der Waals surface area contributed by atoms with E-state index in [-0.39, 0.29) is 12.2 Å². The van der Waals surface area contributed by atoms with E-state index in [0.29, 0.717) is 17.8 Å². The van der Waals surface area contributed by atoms with Gasteiger partial charge in [0.05, 0.1) is 36.2 Å². The molecule has 2 fully saturated rings. The van der Waals surface area contributed by atoms with Gasteiger partial charge in [0.2, 0.25) is 5.91 Å². The summed E-state index contributed by atoms with van der Waals surface area (Å²) in [6.45, 7) is 1.93. The highest BCUT2D eigenvalue weighted by Crippen LogP contribution is 2.45. The largest absolute Gasteiger partial charge is 0.481 e. The van der Waals surface area contributed by atoms with Gasteiger partial charge in [-0.15, -0.1) is 11.3 Å². The number of carbonyl (C=O) groups is 3. The summed E-state index contributed by atoms with van der Waals surface area (Å²) in [4.78, 5) is 37.9. The number of hydrogen-bond donors (Lipinski definition) is 2. The minimum absolute atomic E-state index is 0.212. The fourth-order valence-electron chi connectivity index (χ4n) is 4.11. The van der Waals surface area contributed by atoms with Crippen LogP contribution in [0.5, 0.6) is 0 Å². The quantitative estimate of drug-likeness (QED) is 0.701. The van der Waals surface area contributed by atoms with Crippen LogP contribution in [0.1, 0.15) is 30.1 Å². The van der Waals surface area contributed by atoms with Crippen molar-refractivity contribution in [3.8, 4) is 10.4 Å². The highest BCUT2D eigenvalue weighted by atomic mass is 32.1. The Balaban J connectivity index is 1.63. The van der Waals surface area contributed by atoms with Gasteiger partial charge < -0.3 is 19.9 Å². The van der Waals surface area contributed by atoms with Crippen LogP contribution < -0.4 is 5.32 Å². The Morgan fingerprint density at radius 2 is 1.86 bits per heavy atom. The Morgan fingerprint density at radius 1 is 1.17 bits per heavy atom. The molecule has 1 amide bonds. The molecule has 8 heteroatoms. The molecule has 0 aliphatic carbocycles. The minimum Gasteiger partial charge on any atom is -0.481 e. The summed E-state index contributed by atoms with van der Waals surface area (Å²) < 4.78 is 10.8. The van der Waals surface area contributed by atoms with E-state index >= 15 is 0 Å². The monoisotopic (exact) mass is 415 g/mol. The van der Waals surface area contributed by atoms with Crippen LogP contribution in [0.2, 0.25) is 0 Å². The molecule has 29 heavy (non-hydrogen) atoms. The third kappa shape index (κ3) is 3.65. The van der Waals surface area contributed by atoms with Crippen molar-refractivity contribution < 1.29 is 29.0 Å². The Hall–Kier alpha value is -2.71. The number of esters is 1.